The van der Waals surface area contributed by atoms with E-state index in [2.05, 4.69) is 47.9 Å². The van der Waals surface area contributed by atoms with Crippen LogP contribution in [0, 0.1) is 5.41 Å². The number of aliphatic hydroxyl groups excluding tert-OH is 9. The maximum Gasteiger partial charge on any atom is 0.222 e. The van der Waals surface area contributed by atoms with Crippen molar-refractivity contribution in [3.63, 3.8) is 0 Å². The molecule has 574 valence electrons. The van der Waals surface area contributed by atoms with E-state index in [9.17, 15) is 89.1 Å². The van der Waals surface area contributed by atoms with E-state index in [0.29, 0.717) is 77.4 Å². The molecule has 3 heterocycles. The molecule has 15 atom stereocenters. The van der Waals surface area contributed by atoms with Crippen molar-refractivity contribution in [3.05, 3.63) is 0 Å². The number of hydrogen-bond donors (Lipinski definition) is 18. The Balaban J connectivity index is 0.0000333. The number of carbonyl (C=O) groups is 9. The van der Waals surface area contributed by atoms with E-state index in [1.54, 1.807) is 0 Å². The number of ether oxygens (including phenoxy) is 9. The number of aliphatic hydroxyl groups is 9. The van der Waals surface area contributed by atoms with Gasteiger partial charge in [-0.05, 0) is 57.8 Å². The highest BCUT2D eigenvalue weighted by molar-refractivity contribution is 5.78. The minimum absolute atomic E-state index is 0. The summed E-state index contributed by atoms with van der Waals surface area (Å²) in [5.74, 6) is -2.95. The molecule has 3 fully saturated rings. The Bertz CT molecular complexity index is 2110. The van der Waals surface area contributed by atoms with Crippen molar-refractivity contribution in [3.8, 4) is 0 Å². The van der Waals surface area contributed by atoms with Gasteiger partial charge in [-0.2, -0.15) is 0 Å². The molecule has 36 heteroatoms. The maximum atomic E-state index is 12.7. The second kappa shape index (κ2) is 50.8. The van der Waals surface area contributed by atoms with Crippen LogP contribution in [0.25, 0.3) is 0 Å². The summed E-state index contributed by atoms with van der Waals surface area (Å²) >= 11 is 0. The Hall–Kier alpha value is -5.49. The molecule has 3 rings (SSSR count). The Labute approximate surface area is 578 Å². The van der Waals surface area contributed by atoms with Crippen molar-refractivity contribution in [2.75, 3.05) is 119 Å². The first-order valence-electron chi connectivity index (χ1n) is 33.7. The zero-order chi connectivity index (χ0) is 72.4. The average Bonchev–Trinajstić information content (AvgIpc) is 0.825. The Morgan fingerprint density at radius 3 is 0.798 bits per heavy atom. The van der Waals surface area contributed by atoms with Gasteiger partial charge in [0, 0.05) is 124 Å². The van der Waals surface area contributed by atoms with Crippen LogP contribution in [0.4, 0.5) is 0 Å². The summed E-state index contributed by atoms with van der Waals surface area (Å²) in [5.41, 5.74) is -0.791. The molecule has 9 amide bonds. The molecule has 0 radical (unpaired) electrons. The molecule has 36 nitrogen and oxygen atoms in total. The number of carbonyl (C=O) groups excluding carboxylic acids is 9. The molecule has 3 aliphatic rings. The van der Waals surface area contributed by atoms with Gasteiger partial charge in [-0.3, -0.25) is 43.2 Å². The van der Waals surface area contributed by atoms with Crippen LogP contribution in [0.5, 0.6) is 0 Å². The summed E-state index contributed by atoms with van der Waals surface area (Å²) in [6.45, 7) is 6.21. The van der Waals surface area contributed by atoms with Gasteiger partial charge in [0.2, 0.25) is 53.2 Å². The van der Waals surface area contributed by atoms with Gasteiger partial charge in [0.1, 0.15) is 73.1 Å². The first-order chi connectivity index (χ1) is 46.8. The van der Waals surface area contributed by atoms with Gasteiger partial charge in [-0.25, -0.2) is 0 Å². The van der Waals surface area contributed by atoms with E-state index in [4.69, 9.17) is 42.6 Å². The van der Waals surface area contributed by atoms with Crippen LogP contribution in [0.2, 0.25) is 0 Å². The lowest BCUT2D eigenvalue weighted by Crippen LogP contribution is -2.64. The fourth-order valence-corrected chi connectivity index (χ4v) is 10.3. The Morgan fingerprint density at radius 2 is 0.576 bits per heavy atom. The molecule has 0 saturated carbocycles. The summed E-state index contributed by atoms with van der Waals surface area (Å²) < 4.78 is 51.4. The minimum atomic E-state index is -1.44. The Morgan fingerprint density at radius 1 is 0.343 bits per heavy atom. The third-order valence-electron chi connectivity index (χ3n) is 15.8. The lowest BCUT2D eigenvalue weighted by molar-refractivity contribution is -0.270. The van der Waals surface area contributed by atoms with Gasteiger partial charge >= 0.3 is 0 Å². The summed E-state index contributed by atoms with van der Waals surface area (Å²) in [5, 5.41) is 115. The molecule has 18 N–H and O–H groups in total. The highest BCUT2D eigenvalue weighted by atomic mass is 16.7. The number of amides is 9. The lowest BCUT2D eigenvalue weighted by Gasteiger charge is -2.42. The third kappa shape index (κ3) is 36.3. The topological polar surface area (TPSA) is 527 Å². The predicted octanol–water partition coefficient (Wildman–Crippen LogP) is -5.89. The van der Waals surface area contributed by atoms with Crippen LogP contribution < -0.4 is 47.9 Å². The monoisotopic (exact) mass is 1430 g/mol. The standard InChI is InChI=1S/C62H111N9O27.CH4/c1-38(75)69-50-56(87)53(84)41(32-72)96-59(50)93-26-8-5-14-44(78)63-20-11-23-66-47(81)17-29-90-35-62(4,36-91-30-18-48(82)67-24-12-21-64-45(79)15-6-9-27-94-60-51(70-39(2)76)57(88)54(85)42(33-73)97-60)37-92-31-19-49(83)68-25-13-22-65-46(80)16-7-10-28-95-61-52(71-40(3)77)58(89)55(86)43(34-74)98-61;/h41-43,50-61,72-74,84-89H,5-37H2,1-4H3,(H,63,78)(H,64,79)(H,65,80)(H,66,81)(H,67,82)(H,68,83)(H,69,75)(H,70,76)(H,71,77);1H4. The molecular formula is C63H115N9O27. The van der Waals surface area contributed by atoms with Gasteiger partial charge in [-0.1, -0.05) is 14.4 Å². The fourth-order valence-electron chi connectivity index (χ4n) is 10.3. The second-order valence-electron chi connectivity index (χ2n) is 24.7. The number of unbranched alkanes of at least 4 members (excludes halogenated alkanes) is 3. The van der Waals surface area contributed by atoms with E-state index >= 15 is 0 Å². The summed E-state index contributed by atoms with van der Waals surface area (Å²) in [6, 6.07) is -3.21. The highest BCUT2D eigenvalue weighted by Crippen LogP contribution is 2.26. The summed E-state index contributed by atoms with van der Waals surface area (Å²) in [7, 11) is 0. The molecule has 0 bridgehead atoms. The van der Waals surface area contributed by atoms with Crippen molar-refractivity contribution in [2.24, 2.45) is 5.41 Å². The van der Waals surface area contributed by atoms with Crippen LogP contribution >= 0.6 is 0 Å². The van der Waals surface area contributed by atoms with E-state index < -0.39 is 135 Å². The SMILES string of the molecule is C.CC(=O)NC1C(OCCCCC(=O)NCCCNC(=O)CCOCC(C)(COCCC(=O)NCCCNC(=O)CCCCOC2OC(CO)C(O)C(O)C2NC(C)=O)COCCC(=O)NCCCNC(=O)CCCCOC2OC(CO)C(O)C(O)C2NC(C)=O)OC(CO)C(O)C1O. The quantitative estimate of drug-likeness (QED) is 0.0252. The molecular weight excluding hydrogens is 1310 g/mol. The molecule has 0 aliphatic carbocycles. The number of rotatable bonds is 51. The largest absolute Gasteiger partial charge is 0.394 e. The van der Waals surface area contributed by atoms with Gasteiger partial charge in [0.15, 0.2) is 18.9 Å². The van der Waals surface area contributed by atoms with Crippen molar-refractivity contribution < 1.29 is 132 Å². The second-order valence-corrected chi connectivity index (χ2v) is 24.7. The predicted molar refractivity (Wildman–Crippen MR) is 349 cm³/mol. The molecule has 0 aromatic rings. The summed E-state index contributed by atoms with van der Waals surface area (Å²) in [6.07, 6.45) is -10.8. The van der Waals surface area contributed by atoms with Gasteiger partial charge < -0.3 is 136 Å². The Kier molecular flexibility index (Phi) is 46.0. The molecule has 3 saturated heterocycles. The van der Waals surface area contributed by atoms with Crippen LogP contribution in [0.1, 0.15) is 131 Å². The van der Waals surface area contributed by atoms with Crippen LogP contribution in [-0.2, 0) is 85.8 Å². The van der Waals surface area contributed by atoms with E-state index in [0.717, 1.165) is 0 Å². The van der Waals surface area contributed by atoms with Crippen molar-refractivity contribution in [1.82, 2.24) is 47.9 Å². The molecule has 3 aliphatic heterocycles. The molecule has 99 heavy (non-hydrogen) atoms. The molecule has 0 spiro atoms. The zero-order valence-electron chi connectivity index (χ0n) is 56.9. The lowest BCUT2D eigenvalue weighted by atomic mass is 9.94. The zero-order valence-corrected chi connectivity index (χ0v) is 56.9. The van der Waals surface area contributed by atoms with Gasteiger partial charge in [0.05, 0.1) is 59.5 Å². The highest BCUT2D eigenvalue weighted by Gasteiger charge is 2.48. The van der Waals surface area contributed by atoms with Crippen LogP contribution in [0.3, 0.4) is 0 Å². The third-order valence-corrected chi connectivity index (χ3v) is 15.8. The van der Waals surface area contributed by atoms with Crippen molar-refractivity contribution >= 4 is 53.2 Å². The van der Waals surface area contributed by atoms with E-state index in [1.807, 2.05) is 6.92 Å². The minimum Gasteiger partial charge on any atom is -0.394 e. The smallest absolute Gasteiger partial charge is 0.222 e. The first kappa shape index (κ1) is 89.6. The average molecular weight is 1430 g/mol. The van der Waals surface area contributed by atoms with Crippen molar-refractivity contribution in [2.45, 2.75) is 223 Å². The van der Waals surface area contributed by atoms with Gasteiger partial charge in [-0.15, -0.1) is 0 Å². The first-order valence-corrected chi connectivity index (χ1v) is 33.7. The van der Waals surface area contributed by atoms with Crippen LogP contribution in [-0.4, -0.2) is 310 Å². The maximum absolute atomic E-state index is 12.7. The molecule has 0 aromatic carbocycles. The fraction of sp³-hybridized carbons (Fsp3) is 0.857. The normalized spacial score (nSPS) is 25.7. The van der Waals surface area contributed by atoms with Crippen LogP contribution in [0.15, 0.2) is 0 Å². The van der Waals surface area contributed by atoms with Gasteiger partial charge in [0.25, 0.3) is 0 Å². The summed E-state index contributed by atoms with van der Waals surface area (Å²) in [4.78, 5) is 110. The van der Waals surface area contributed by atoms with E-state index in [1.165, 1.54) is 20.8 Å². The van der Waals surface area contributed by atoms with Crippen molar-refractivity contribution in [1.29, 1.82) is 0 Å². The number of hydrogen-bond acceptors (Lipinski definition) is 27. The van der Waals surface area contributed by atoms with E-state index in [-0.39, 0.29) is 160 Å². The molecule has 15 unspecified atom stereocenters. The molecule has 0 aromatic heterocycles. The number of nitrogens with one attached hydrogen (secondary N) is 9.